The van der Waals surface area contributed by atoms with Crippen LogP contribution in [-0.2, 0) is 9.59 Å². The van der Waals surface area contributed by atoms with Crippen LogP contribution in [0.3, 0.4) is 0 Å². The standard InChI is InChI=1S/C10H17NO3S/c1-7(12)15-6-9(10(13)14)8-2-4-11-5-3-8/h8-9,11H,2-6H2,1H3,(H,13,14). The van der Waals surface area contributed by atoms with Crippen LogP contribution in [0.4, 0.5) is 0 Å². The minimum Gasteiger partial charge on any atom is -0.481 e. The Hall–Kier alpha value is -0.550. The molecule has 0 aliphatic carbocycles. The monoisotopic (exact) mass is 231 g/mol. The molecule has 0 aromatic rings. The van der Waals surface area contributed by atoms with Gasteiger partial charge in [-0.3, -0.25) is 9.59 Å². The third-order valence-corrected chi connectivity index (χ3v) is 3.67. The number of hydrogen-bond acceptors (Lipinski definition) is 4. The third kappa shape index (κ3) is 4.22. The van der Waals surface area contributed by atoms with Gasteiger partial charge in [-0.2, -0.15) is 0 Å². The van der Waals surface area contributed by atoms with Gasteiger partial charge in [-0.25, -0.2) is 0 Å². The Morgan fingerprint density at radius 2 is 2.07 bits per heavy atom. The number of hydrogen-bond donors (Lipinski definition) is 2. The molecule has 1 saturated heterocycles. The van der Waals surface area contributed by atoms with Crippen molar-refractivity contribution in [2.75, 3.05) is 18.8 Å². The molecule has 5 heteroatoms. The van der Waals surface area contributed by atoms with Gasteiger partial charge in [0.25, 0.3) is 0 Å². The van der Waals surface area contributed by atoms with Crippen LogP contribution >= 0.6 is 11.8 Å². The highest BCUT2D eigenvalue weighted by Gasteiger charge is 2.29. The Bertz CT molecular complexity index is 239. The van der Waals surface area contributed by atoms with Crippen LogP contribution in [0.5, 0.6) is 0 Å². The molecule has 0 amide bonds. The average molecular weight is 231 g/mol. The molecular weight excluding hydrogens is 214 g/mol. The van der Waals surface area contributed by atoms with E-state index >= 15 is 0 Å². The molecule has 0 saturated carbocycles. The van der Waals surface area contributed by atoms with Gasteiger partial charge in [-0.15, -0.1) is 0 Å². The largest absolute Gasteiger partial charge is 0.481 e. The lowest BCUT2D eigenvalue weighted by atomic mass is 9.86. The van der Waals surface area contributed by atoms with E-state index in [0.29, 0.717) is 5.75 Å². The number of carboxylic acid groups (broad SMARTS) is 1. The molecule has 1 aliphatic heterocycles. The normalized spacial score (nSPS) is 19.8. The summed E-state index contributed by atoms with van der Waals surface area (Å²) in [5.74, 6) is -0.512. The van der Waals surface area contributed by atoms with Crippen molar-refractivity contribution in [3.05, 3.63) is 0 Å². The lowest BCUT2D eigenvalue weighted by Gasteiger charge is -2.27. The van der Waals surface area contributed by atoms with Crippen LogP contribution in [0.2, 0.25) is 0 Å². The quantitative estimate of drug-likeness (QED) is 0.754. The van der Waals surface area contributed by atoms with Crippen LogP contribution in [0.1, 0.15) is 19.8 Å². The maximum atomic E-state index is 11.1. The molecule has 0 bridgehead atoms. The molecule has 0 radical (unpaired) electrons. The van der Waals surface area contributed by atoms with E-state index in [-0.39, 0.29) is 17.0 Å². The molecule has 1 fully saturated rings. The molecule has 0 aromatic carbocycles. The van der Waals surface area contributed by atoms with Gasteiger partial charge in [0.05, 0.1) is 5.92 Å². The molecule has 1 aliphatic rings. The molecule has 1 unspecified atom stereocenters. The minimum atomic E-state index is -0.768. The molecule has 0 spiro atoms. The van der Waals surface area contributed by atoms with Crippen molar-refractivity contribution < 1.29 is 14.7 Å². The van der Waals surface area contributed by atoms with E-state index in [2.05, 4.69) is 5.32 Å². The third-order valence-electron chi connectivity index (χ3n) is 2.74. The van der Waals surface area contributed by atoms with Crippen molar-refractivity contribution in [1.29, 1.82) is 0 Å². The first-order chi connectivity index (χ1) is 7.11. The van der Waals surface area contributed by atoms with Crippen molar-refractivity contribution in [1.82, 2.24) is 5.32 Å². The average Bonchev–Trinajstić information content (AvgIpc) is 2.18. The first kappa shape index (κ1) is 12.5. The number of carbonyl (C=O) groups excluding carboxylic acids is 1. The molecule has 1 heterocycles. The second-order valence-electron chi connectivity index (χ2n) is 3.83. The Morgan fingerprint density at radius 1 is 1.47 bits per heavy atom. The summed E-state index contributed by atoms with van der Waals surface area (Å²) in [7, 11) is 0. The van der Waals surface area contributed by atoms with Gasteiger partial charge in [-0.05, 0) is 31.8 Å². The number of carbonyl (C=O) groups is 2. The van der Waals surface area contributed by atoms with E-state index in [9.17, 15) is 9.59 Å². The summed E-state index contributed by atoms with van der Waals surface area (Å²) in [5.41, 5.74) is 0. The fourth-order valence-corrected chi connectivity index (χ4v) is 2.69. The first-order valence-corrected chi connectivity index (χ1v) is 6.16. The van der Waals surface area contributed by atoms with Crippen LogP contribution in [-0.4, -0.2) is 35.0 Å². The molecule has 15 heavy (non-hydrogen) atoms. The number of nitrogens with one attached hydrogen (secondary N) is 1. The SMILES string of the molecule is CC(=O)SCC(C(=O)O)C1CCNCC1. The summed E-state index contributed by atoms with van der Waals surface area (Å²) in [5, 5.41) is 12.3. The predicted octanol–water partition coefficient (Wildman–Crippen LogP) is 0.966. The first-order valence-electron chi connectivity index (χ1n) is 5.18. The van der Waals surface area contributed by atoms with Gasteiger partial charge in [0.1, 0.15) is 0 Å². The van der Waals surface area contributed by atoms with Gasteiger partial charge in [-0.1, -0.05) is 11.8 Å². The zero-order valence-electron chi connectivity index (χ0n) is 8.86. The minimum absolute atomic E-state index is 0.00446. The Balaban J connectivity index is 2.48. The summed E-state index contributed by atoms with van der Waals surface area (Å²) < 4.78 is 0. The van der Waals surface area contributed by atoms with Crippen molar-refractivity contribution in [3.63, 3.8) is 0 Å². The van der Waals surface area contributed by atoms with Gasteiger partial charge < -0.3 is 10.4 Å². The number of carboxylic acids is 1. The number of thioether (sulfide) groups is 1. The van der Waals surface area contributed by atoms with Gasteiger partial charge in [0.2, 0.25) is 0 Å². The Labute approximate surface area is 93.8 Å². The highest BCUT2D eigenvalue weighted by Crippen LogP contribution is 2.25. The molecular formula is C10H17NO3S. The fraction of sp³-hybridized carbons (Fsp3) is 0.800. The smallest absolute Gasteiger partial charge is 0.307 e. The zero-order chi connectivity index (χ0) is 11.3. The molecule has 4 nitrogen and oxygen atoms in total. The summed E-state index contributed by atoms with van der Waals surface area (Å²) >= 11 is 1.12. The van der Waals surface area contributed by atoms with E-state index in [0.717, 1.165) is 37.7 Å². The van der Waals surface area contributed by atoms with Crippen molar-refractivity contribution in [2.24, 2.45) is 11.8 Å². The van der Waals surface area contributed by atoms with Crippen LogP contribution < -0.4 is 5.32 Å². The van der Waals surface area contributed by atoms with Crippen LogP contribution in [0.15, 0.2) is 0 Å². The number of piperidine rings is 1. The zero-order valence-corrected chi connectivity index (χ0v) is 9.68. The van der Waals surface area contributed by atoms with Gasteiger partial charge in [0.15, 0.2) is 5.12 Å². The molecule has 1 rings (SSSR count). The Kier molecular flexibility index (Phi) is 5.11. The van der Waals surface area contributed by atoms with E-state index in [4.69, 9.17) is 5.11 Å². The summed E-state index contributed by atoms with van der Waals surface area (Å²) in [6, 6.07) is 0. The highest BCUT2D eigenvalue weighted by molar-refractivity contribution is 8.13. The fourth-order valence-electron chi connectivity index (χ4n) is 1.86. The van der Waals surface area contributed by atoms with Gasteiger partial charge in [0, 0.05) is 12.7 Å². The summed E-state index contributed by atoms with van der Waals surface area (Å²) in [6.45, 7) is 3.25. The molecule has 0 aromatic heterocycles. The number of aliphatic carboxylic acids is 1. The van der Waals surface area contributed by atoms with Crippen molar-refractivity contribution in [2.45, 2.75) is 19.8 Å². The van der Waals surface area contributed by atoms with Crippen LogP contribution in [0, 0.1) is 11.8 Å². The van der Waals surface area contributed by atoms with Gasteiger partial charge >= 0.3 is 5.97 Å². The molecule has 1 atom stereocenters. The summed E-state index contributed by atoms with van der Waals surface area (Å²) in [6.07, 6.45) is 1.80. The second-order valence-corrected chi connectivity index (χ2v) is 5.03. The molecule has 86 valence electrons. The van der Waals surface area contributed by atoms with E-state index in [1.807, 2.05) is 0 Å². The predicted molar refractivity (Wildman–Crippen MR) is 59.9 cm³/mol. The lowest BCUT2D eigenvalue weighted by molar-refractivity contribution is -0.143. The van der Waals surface area contributed by atoms with E-state index < -0.39 is 5.97 Å². The van der Waals surface area contributed by atoms with E-state index in [1.54, 1.807) is 0 Å². The van der Waals surface area contributed by atoms with Crippen molar-refractivity contribution in [3.8, 4) is 0 Å². The van der Waals surface area contributed by atoms with Crippen molar-refractivity contribution >= 4 is 22.8 Å². The summed E-state index contributed by atoms with van der Waals surface area (Å²) in [4.78, 5) is 21.9. The maximum absolute atomic E-state index is 11.1. The second kappa shape index (κ2) is 6.12. The lowest BCUT2D eigenvalue weighted by Crippen LogP contribution is -2.35. The number of rotatable bonds is 4. The van der Waals surface area contributed by atoms with E-state index in [1.165, 1.54) is 6.92 Å². The highest BCUT2D eigenvalue weighted by atomic mass is 32.2. The Morgan fingerprint density at radius 3 is 2.53 bits per heavy atom. The molecule has 2 N–H and O–H groups in total. The van der Waals surface area contributed by atoms with Crippen LogP contribution in [0.25, 0.3) is 0 Å². The topological polar surface area (TPSA) is 66.4 Å². The maximum Gasteiger partial charge on any atom is 0.307 e.